The van der Waals surface area contributed by atoms with Gasteiger partial charge in [0.1, 0.15) is 0 Å². The van der Waals surface area contributed by atoms with Crippen molar-refractivity contribution in [3.8, 4) is 5.75 Å². The second kappa shape index (κ2) is 6.86. The summed E-state index contributed by atoms with van der Waals surface area (Å²) in [5, 5.41) is 9.85. The maximum atomic E-state index is 9.85. The standard InChI is InChI=1S/C17H27N3O2/c1-22-17-11-14(4-5-16(17)18)19-9-6-13(7-10-19)20-8-2-3-15(21)12-20/h4-5,11,13,15,21H,2-3,6-10,12,18H2,1H3/p+1. The van der Waals surface area contributed by atoms with Gasteiger partial charge in [-0.15, -0.1) is 0 Å². The molecule has 122 valence electrons. The van der Waals surface area contributed by atoms with E-state index >= 15 is 0 Å². The van der Waals surface area contributed by atoms with Crippen LogP contribution >= 0.6 is 0 Å². The van der Waals surface area contributed by atoms with Gasteiger partial charge in [-0.25, -0.2) is 0 Å². The molecule has 2 saturated heterocycles. The van der Waals surface area contributed by atoms with Crippen molar-refractivity contribution in [3.63, 3.8) is 0 Å². The molecule has 5 nitrogen and oxygen atoms in total. The number of piperidine rings is 2. The van der Waals surface area contributed by atoms with Gasteiger partial charge < -0.3 is 20.5 Å². The SMILES string of the molecule is COc1cc(N2CCC(N3CCCC(O)C3)CC2)ccc1[NH3+]. The number of β-amino-alcohol motifs (C(OH)–C–C–N with tert-alkyl or cyclic N) is 1. The Morgan fingerprint density at radius 2 is 1.95 bits per heavy atom. The van der Waals surface area contributed by atoms with Crippen LogP contribution in [-0.2, 0) is 0 Å². The summed E-state index contributed by atoms with van der Waals surface area (Å²) < 4.78 is 5.38. The van der Waals surface area contributed by atoms with Gasteiger partial charge in [-0.2, -0.15) is 0 Å². The molecule has 2 heterocycles. The molecule has 0 saturated carbocycles. The molecule has 1 unspecified atom stereocenters. The number of aliphatic hydroxyl groups is 1. The number of rotatable bonds is 3. The predicted octanol–water partition coefficient (Wildman–Crippen LogP) is 0.994. The highest BCUT2D eigenvalue weighted by molar-refractivity contribution is 5.58. The lowest BCUT2D eigenvalue weighted by Gasteiger charge is -2.42. The maximum Gasteiger partial charge on any atom is 0.181 e. The zero-order chi connectivity index (χ0) is 15.5. The number of likely N-dealkylation sites (tertiary alicyclic amines) is 1. The average molecular weight is 306 g/mol. The number of nitrogens with zero attached hydrogens (tertiary/aromatic N) is 2. The summed E-state index contributed by atoms with van der Waals surface area (Å²) in [4.78, 5) is 4.92. The minimum absolute atomic E-state index is 0.124. The van der Waals surface area contributed by atoms with Crippen LogP contribution in [0.1, 0.15) is 25.7 Å². The Bertz CT molecular complexity index is 501. The molecule has 3 rings (SSSR count). The van der Waals surface area contributed by atoms with Gasteiger partial charge in [0.05, 0.1) is 13.2 Å². The van der Waals surface area contributed by atoms with E-state index in [0.717, 1.165) is 50.5 Å². The van der Waals surface area contributed by atoms with Gasteiger partial charge in [-0.05, 0) is 38.3 Å². The Hall–Kier alpha value is -1.30. The normalized spacial score (nSPS) is 24.5. The molecule has 4 N–H and O–H groups in total. The van der Waals surface area contributed by atoms with Gasteiger partial charge in [0, 0.05) is 43.5 Å². The van der Waals surface area contributed by atoms with Crippen molar-refractivity contribution in [2.24, 2.45) is 0 Å². The van der Waals surface area contributed by atoms with Crippen molar-refractivity contribution in [2.75, 3.05) is 38.2 Å². The molecule has 2 aliphatic rings. The Morgan fingerprint density at radius 1 is 1.18 bits per heavy atom. The highest BCUT2D eigenvalue weighted by atomic mass is 16.5. The zero-order valence-corrected chi connectivity index (χ0v) is 13.5. The van der Waals surface area contributed by atoms with E-state index in [4.69, 9.17) is 4.74 Å². The lowest BCUT2D eigenvalue weighted by atomic mass is 9.98. The number of methoxy groups -OCH3 is 1. The quantitative estimate of drug-likeness (QED) is 0.874. The molecule has 2 aliphatic heterocycles. The number of hydrogen-bond donors (Lipinski definition) is 2. The third-order valence-corrected chi connectivity index (χ3v) is 5.04. The summed E-state index contributed by atoms with van der Waals surface area (Å²) >= 11 is 0. The molecule has 1 atom stereocenters. The van der Waals surface area contributed by atoms with E-state index in [1.807, 2.05) is 6.07 Å². The van der Waals surface area contributed by atoms with Crippen molar-refractivity contribution in [1.29, 1.82) is 0 Å². The minimum Gasteiger partial charge on any atom is -0.491 e. The molecular weight excluding hydrogens is 278 g/mol. The molecule has 0 radical (unpaired) electrons. The smallest absolute Gasteiger partial charge is 0.181 e. The van der Waals surface area contributed by atoms with Gasteiger partial charge in [-0.1, -0.05) is 0 Å². The van der Waals surface area contributed by atoms with Crippen LogP contribution in [0.4, 0.5) is 11.4 Å². The molecule has 1 aromatic rings. The molecular formula is C17H28N3O2+. The van der Waals surface area contributed by atoms with Crippen LogP contribution in [0, 0.1) is 0 Å². The molecule has 1 aromatic carbocycles. The topological polar surface area (TPSA) is 63.6 Å². The van der Waals surface area contributed by atoms with E-state index in [1.54, 1.807) is 7.11 Å². The van der Waals surface area contributed by atoms with Gasteiger partial charge in [0.25, 0.3) is 0 Å². The van der Waals surface area contributed by atoms with Gasteiger partial charge in [-0.3, -0.25) is 4.90 Å². The first-order valence-electron chi connectivity index (χ1n) is 8.34. The molecule has 0 aromatic heterocycles. The fraction of sp³-hybridized carbons (Fsp3) is 0.647. The van der Waals surface area contributed by atoms with Crippen molar-refractivity contribution in [1.82, 2.24) is 4.90 Å². The Balaban J connectivity index is 1.59. The highest BCUT2D eigenvalue weighted by Crippen LogP contribution is 2.29. The van der Waals surface area contributed by atoms with Gasteiger partial charge in [0.15, 0.2) is 11.4 Å². The number of hydrogen-bond acceptors (Lipinski definition) is 4. The van der Waals surface area contributed by atoms with Crippen LogP contribution in [0.25, 0.3) is 0 Å². The Kier molecular flexibility index (Phi) is 4.86. The van der Waals surface area contributed by atoms with Crippen LogP contribution < -0.4 is 15.4 Å². The lowest BCUT2D eigenvalue weighted by Crippen LogP contribution is -2.49. The predicted molar refractivity (Wildman–Crippen MR) is 87.6 cm³/mol. The number of benzene rings is 1. The van der Waals surface area contributed by atoms with Crippen molar-refractivity contribution >= 4 is 11.4 Å². The average Bonchev–Trinajstić information content (AvgIpc) is 2.55. The lowest BCUT2D eigenvalue weighted by molar-refractivity contribution is -0.256. The fourth-order valence-corrected chi connectivity index (χ4v) is 3.73. The van der Waals surface area contributed by atoms with Gasteiger partial charge >= 0.3 is 0 Å². The third kappa shape index (κ3) is 3.37. The van der Waals surface area contributed by atoms with Crippen LogP contribution in [0.3, 0.4) is 0 Å². The summed E-state index contributed by atoms with van der Waals surface area (Å²) in [5.74, 6) is 0.860. The van der Waals surface area contributed by atoms with E-state index in [2.05, 4.69) is 27.7 Å². The van der Waals surface area contributed by atoms with Crippen molar-refractivity contribution in [3.05, 3.63) is 18.2 Å². The van der Waals surface area contributed by atoms with Crippen LogP contribution in [0.2, 0.25) is 0 Å². The summed E-state index contributed by atoms with van der Waals surface area (Å²) in [6.45, 7) is 4.13. The highest BCUT2D eigenvalue weighted by Gasteiger charge is 2.28. The molecule has 0 spiro atoms. The Morgan fingerprint density at radius 3 is 2.64 bits per heavy atom. The zero-order valence-electron chi connectivity index (χ0n) is 13.5. The summed E-state index contributed by atoms with van der Waals surface area (Å²) in [6.07, 6.45) is 4.30. The second-order valence-electron chi connectivity index (χ2n) is 6.51. The first-order valence-corrected chi connectivity index (χ1v) is 8.34. The molecule has 0 amide bonds. The second-order valence-corrected chi connectivity index (χ2v) is 6.51. The number of quaternary nitrogens is 1. The molecule has 2 fully saturated rings. The van der Waals surface area contributed by atoms with Crippen LogP contribution in [0.15, 0.2) is 18.2 Å². The third-order valence-electron chi connectivity index (χ3n) is 5.04. The van der Waals surface area contributed by atoms with Crippen molar-refractivity contribution in [2.45, 2.75) is 37.8 Å². The van der Waals surface area contributed by atoms with Crippen LogP contribution in [-0.4, -0.2) is 55.4 Å². The summed E-state index contributed by atoms with van der Waals surface area (Å²) in [6, 6.07) is 6.88. The molecule has 5 heteroatoms. The van der Waals surface area contributed by atoms with Crippen LogP contribution in [0.5, 0.6) is 5.75 Å². The molecule has 0 aliphatic carbocycles. The fourth-order valence-electron chi connectivity index (χ4n) is 3.73. The summed E-state index contributed by atoms with van der Waals surface area (Å²) in [7, 11) is 1.70. The Labute approximate surface area is 132 Å². The number of aliphatic hydroxyl groups excluding tert-OH is 1. The maximum absolute atomic E-state index is 9.85. The van der Waals surface area contributed by atoms with E-state index in [0.29, 0.717) is 6.04 Å². The number of anilines is 1. The van der Waals surface area contributed by atoms with E-state index in [1.165, 1.54) is 18.5 Å². The van der Waals surface area contributed by atoms with E-state index in [9.17, 15) is 5.11 Å². The van der Waals surface area contributed by atoms with Crippen molar-refractivity contribution < 1.29 is 15.6 Å². The molecule has 0 bridgehead atoms. The minimum atomic E-state index is -0.124. The monoisotopic (exact) mass is 306 g/mol. The number of ether oxygens (including phenoxy) is 1. The largest absolute Gasteiger partial charge is 0.491 e. The summed E-state index contributed by atoms with van der Waals surface area (Å²) in [5.41, 5.74) is 6.14. The van der Waals surface area contributed by atoms with E-state index < -0.39 is 0 Å². The van der Waals surface area contributed by atoms with E-state index in [-0.39, 0.29) is 6.10 Å². The first kappa shape index (κ1) is 15.6. The first-order chi connectivity index (χ1) is 10.7. The van der Waals surface area contributed by atoms with Gasteiger partial charge in [0.2, 0.25) is 0 Å². The molecule has 22 heavy (non-hydrogen) atoms.